The molecule has 0 saturated heterocycles. The van der Waals surface area contributed by atoms with E-state index >= 15 is 0 Å². The van der Waals surface area contributed by atoms with Crippen LogP contribution in [0.5, 0.6) is 0 Å². The van der Waals surface area contributed by atoms with Crippen LogP contribution in [0, 0.1) is 5.82 Å². The Morgan fingerprint density at radius 2 is 1.92 bits per heavy atom. The monoisotopic (exact) mass is 337 g/mol. The van der Waals surface area contributed by atoms with Crippen LogP contribution in [-0.2, 0) is 17.9 Å². The van der Waals surface area contributed by atoms with Crippen LogP contribution in [0.25, 0.3) is 0 Å². The number of nitrogens with one attached hydrogen (secondary N) is 1. The van der Waals surface area contributed by atoms with Gasteiger partial charge in [-0.1, -0.05) is 30.3 Å². The highest BCUT2D eigenvalue weighted by Gasteiger charge is 2.24. The number of para-hydroxylation sites is 1. The lowest BCUT2D eigenvalue weighted by molar-refractivity contribution is -0.00122. The smallest absolute Gasteiger partial charge is 0.276 e. The fraction of sp³-hybridized carbons (Fsp3) is 0.158. The number of fused-ring (bicyclic) bond motifs is 1. The van der Waals surface area contributed by atoms with Gasteiger partial charge in [-0.05, 0) is 35.9 Å². The summed E-state index contributed by atoms with van der Waals surface area (Å²) in [5, 5.41) is 7.21. The molecule has 4 rings (SSSR count). The second kappa shape index (κ2) is 6.49. The normalized spacial score (nSPS) is 16.3. The second-order valence-electron chi connectivity index (χ2n) is 5.87. The Labute approximate surface area is 144 Å². The summed E-state index contributed by atoms with van der Waals surface area (Å²) in [6.07, 6.45) is -0.210. The van der Waals surface area contributed by atoms with E-state index in [9.17, 15) is 9.18 Å². The molecule has 0 saturated carbocycles. The number of rotatable bonds is 3. The van der Waals surface area contributed by atoms with Crippen LogP contribution in [0.1, 0.15) is 27.8 Å². The third-order valence-corrected chi connectivity index (χ3v) is 4.14. The van der Waals surface area contributed by atoms with Crippen LogP contribution in [0.15, 0.2) is 60.7 Å². The Morgan fingerprint density at radius 1 is 1.16 bits per heavy atom. The molecule has 1 atom stereocenters. The zero-order valence-corrected chi connectivity index (χ0v) is 13.4. The molecule has 5 nitrogen and oxygen atoms in total. The molecular weight excluding hydrogens is 321 g/mol. The number of amides is 1. The fourth-order valence-corrected chi connectivity index (χ4v) is 2.83. The molecule has 0 bridgehead atoms. The van der Waals surface area contributed by atoms with E-state index in [1.54, 1.807) is 22.9 Å². The first-order valence-corrected chi connectivity index (χ1v) is 7.99. The lowest BCUT2D eigenvalue weighted by Gasteiger charge is -2.24. The molecular formula is C19H16FN3O2. The molecule has 1 aliphatic heterocycles. The number of aromatic nitrogens is 2. The highest BCUT2D eigenvalue weighted by atomic mass is 19.1. The first-order valence-electron chi connectivity index (χ1n) is 7.99. The van der Waals surface area contributed by atoms with E-state index in [-0.39, 0.29) is 17.8 Å². The number of carbonyl (C=O) groups is 1. The summed E-state index contributed by atoms with van der Waals surface area (Å²) in [7, 11) is 0. The van der Waals surface area contributed by atoms with Gasteiger partial charge in [0.15, 0.2) is 5.69 Å². The van der Waals surface area contributed by atoms with E-state index in [0.29, 0.717) is 18.8 Å². The first-order chi connectivity index (χ1) is 12.2. The third-order valence-electron chi connectivity index (χ3n) is 4.14. The average Bonchev–Trinajstić information content (AvgIpc) is 3.06. The lowest BCUT2D eigenvalue weighted by atomic mass is 10.1. The zero-order chi connectivity index (χ0) is 17.2. The molecule has 0 spiro atoms. The number of anilines is 1. The van der Waals surface area contributed by atoms with E-state index in [2.05, 4.69) is 10.4 Å². The maximum atomic E-state index is 13.1. The van der Waals surface area contributed by atoms with Gasteiger partial charge in [0.1, 0.15) is 11.9 Å². The molecule has 1 unspecified atom stereocenters. The van der Waals surface area contributed by atoms with Crippen LogP contribution in [-0.4, -0.2) is 15.7 Å². The van der Waals surface area contributed by atoms with Crippen molar-refractivity contribution in [3.8, 4) is 0 Å². The van der Waals surface area contributed by atoms with E-state index in [1.165, 1.54) is 12.1 Å². The Kier molecular flexibility index (Phi) is 4.03. The van der Waals surface area contributed by atoms with Crippen LogP contribution in [0.4, 0.5) is 10.1 Å². The molecule has 25 heavy (non-hydrogen) atoms. The van der Waals surface area contributed by atoms with Gasteiger partial charge in [0.2, 0.25) is 0 Å². The van der Waals surface area contributed by atoms with Crippen molar-refractivity contribution in [2.24, 2.45) is 0 Å². The van der Waals surface area contributed by atoms with E-state index < -0.39 is 0 Å². The molecule has 1 amide bonds. The zero-order valence-electron chi connectivity index (χ0n) is 13.4. The number of benzene rings is 2. The highest BCUT2D eigenvalue weighted by Crippen LogP contribution is 2.26. The third kappa shape index (κ3) is 3.29. The van der Waals surface area contributed by atoms with Crippen LogP contribution >= 0.6 is 0 Å². The molecule has 0 fully saturated rings. The maximum absolute atomic E-state index is 13.1. The molecule has 2 heterocycles. The van der Waals surface area contributed by atoms with Crippen molar-refractivity contribution in [3.05, 3.63) is 83.4 Å². The predicted molar refractivity (Wildman–Crippen MR) is 90.6 cm³/mol. The van der Waals surface area contributed by atoms with Crippen molar-refractivity contribution < 1.29 is 13.9 Å². The van der Waals surface area contributed by atoms with Crippen molar-refractivity contribution in [2.45, 2.75) is 19.3 Å². The molecule has 1 aliphatic rings. The van der Waals surface area contributed by atoms with Crippen molar-refractivity contribution >= 4 is 11.6 Å². The minimum Gasteiger partial charge on any atom is -0.365 e. The average molecular weight is 337 g/mol. The van der Waals surface area contributed by atoms with E-state index in [1.807, 2.05) is 30.3 Å². The minimum absolute atomic E-state index is 0.210. The number of nitrogens with zero attached hydrogens (tertiary/aromatic N) is 2. The molecule has 0 aliphatic carbocycles. The summed E-state index contributed by atoms with van der Waals surface area (Å²) in [6.45, 7) is 0.841. The summed E-state index contributed by atoms with van der Waals surface area (Å²) < 4.78 is 20.7. The molecule has 1 aromatic heterocycles. The Morgan fingerprint density at radius 3 is 2.68 bits per heavy atom. The van der Waals surface area contributed by atoms with Gasteiger partial charge in [-0.2, -0.15) is 5.10 Å². The number of ether oxygens (including phenoxy) is 1. The van der Waals surface area contributed by atoms with Gasteiger partial charge >= 0.3 is 0 Å². The van der Waals surface area contributed by atoms with Gasteiger partial charge in [-0.25, -0.2) is 4.39 Å². The summed E-state index contributed by atoms with van der Waals surface area (Å²) in [4.78, 5) is 12.4. The van der Waals surface area contributed by atoms with E-state index in [4.69, 9.17) is 4.74 Å². The van der Waals surface area contributed by atoms with E-state index in [0.717, 1.165) is 16.9 Å². The molecule has 2 aromatic carbocycles. The molecule has 1 N–H and O–H groups in total. The van der Waals surface area contributed by atoms with Gasteiger partial charge in [0.05, 0.1) is 18.8 Å². The maximum Gasteiger partial charge on any atom is 0.276 e. The Bertz CT molecular complexity index is 891. The van der Waals surface area contributed by atoms with Gasteiger partial charge in [-0.3, -0.25) is 9.48 Å². The lowest BCUT2D eigenvalue weighted by Crippen LogP contribution is -2.22. The summed E-state index contributed by atoms with van der Waals surface area (Å²) in [5.41, 5.74) is 2.80. The Balaban J connectivity index is 1.50. The van der Waals surface area contributed by atoms with Crippen molar-refractivity contribution in [1.82, 2.24) is 9.78 Å². The highest BCUT2D eigenvalue weighted by molar-refractivity contribution is 6.02. The van der Waals surface area contributed by atoms with Crippen LogP contribution in [0.2, 0.25) is 0 Å². The molecule has 6 heteroatoms. The van der Waals surface area contributed by atoms with Crippen molar-refractivity contribution in [3.63, 3.8) is 0 Å². The molecule has 0 radical (unpaired) electrons. The molecule has 126 valence electrons. The summed E-state index contributed by atoms with van der Waals surface area (Å²) in [5.74, 6) is -0.536. The summed E-state index contributed by atoms with van der Waals surface area (Å²) in [6, 6.07) is 17.2. The fourth-order valence-electron chi connectivity index (χ4n) is 2.83. The summed E-state index contributed by atoms with van der Waals surface area (Å²) >= 11 is 0. The standard InChI is InChI=1S/C19H16FN3O2/c20-14-8-6-13(7-9-14)18-11-23-16(12-25-18)10-17(22-23)19(24)21-15-4-2-1-3-5-15/h1-10,18H,11-12H2,(H,21,24). The topological polar surface area (TPSA) is 56.2 Å². The predicted octanol–water partition coefficient (Wildman–Crippen LogP) is 3.55. The van der Waals surface area contributed by atoms with Gasteiger partial charge < -0.3 is 10.1 Å². The van der Waals surface area contributed by atoms with Crippen LogP contribution in [0.3, 0.4) is 0 Å². The Hall–Kier alpha value is -2.99. The first kappa shape index (κ1) is 15.5. The largest absolute Gasteiger partial charge is 0.365 e. The van der Waals surface area contributed by atoms with Gasteiger partial charge in [0, 0.05) is 5.69 Å². The van der Waals surface area contributed by atoms with Crippen LogP contribution < -0.4 is 5.32 Å². The van der Waals surface area contributed by atoms with Crippen molar-refractivity contribution in [2.75, 3.05) is 5.32 Å². The number of hydrogen-bond donors (Lipinski definition) is 1. The SMILES string of the molecule is O=C(Nc1ccccc1)c1cc2n(n1)CC(c1ccc(F)cc1)OC2. The number of carbonyl (C=O) groups excluding carboxylic acids is 1. The van der Waals surface area contributed by atoms with Gasteiger partial charge in [0.25, 0.3) is 5.91 Å². The van der Waals surface area contributed by atoms with Crippen molar-refractivity contribution in [1.29, 1.82) is 0 Å². The van der Waals surface area contributed by atoms with Gasteiger partial charge in [-0.15, -0.1) is 0 Å². The quantitative estimate of drug-likeness (QED) is 0.795. The second-order valence-corrected chi connectivity index (χ2v) is 5.87. The molecule has 3 aromatic rings. The number of hydrogen-bond acceptors (Lipinski definition) is 3. The minimum atomic E-state index is -0.279. The number of halogens is 1.